The minimum absolute atomic E-state index is 0.147. The molecule has 1 aliphatic heterocycles. The molecule has 1 fully saturated rings. The van der Waals surface area contributed by atoms with E-state index in [4.69, 9.17) is 5.11 Å². The van der Waals surface area contributed by atoms with Crippen LogP contribution in [0.1, 0.15) is 36.4 Å². The summed E-state index contributed by atoms with van der Waals surface area (Å²) in [6.07, 6.45) is 1.86. The number of aliphatic hydroxyl groups is 1. The number of rotatable bonds is 3. The SMILES string of the molecule is CC1(C)CCN(Cc2ccc(C#CCCO)s2)C1. The summed E-state index contributed by atoms with van der Waals surface area (Å²) in [4.78, 5) is 5.02. The molecule has 1 saturated heterocycles. The Bertz CT molecular complexity index is 453. The van der Waals surface area contributed by atoms with E-state index in [2.05, 4.69) is 42.7 Å². The van der Waals surface area contributed by atoms with E-state index in [0.29, 0.717) is 11.8 Å². The zero-order valence-electron chi connectivity index (χ0n) is 11.2. The van der Waals surface area contributed by atoms with E-state index in [1.807, 2.05) is 0 Å². The molecule has 0 amide bonds. The van der Waals surface area contributed by atoms with Crippen LogP contribution in [0.25, 0.3) is 0 Å². The van der Waals surface area contributed by atoms with Gasteiger partial charge in [0, 0.05) is 24.4 Å². The summed E-state index contributed by atoms with van der Waals surface area (Å²) in [7, 11) is 0. The lowest BCUT2D eigenvalue weighted by Crippen LogP contribution is -2.22. The number of aliphatic hydroxyl groups excluding tert-OH is 1. The molecule has 0 saturated carbocycles. The first-order valence-corrected chi connectivity index (χ1v) is 7.31. The van der Waals surface area contributed by atoms with Crippen molar-refractivity contribution in [3.8, 4) is 11.8 Å². The third-order valence-corrected chi connectivity index (χ3v) is 4.23. The van der Waals surface area contributed by atoms with E-state index < -0.39 is 0 Å². The molecule has 18 heavy (non-hydrogen) atoms. The van der Waals surface area contributed by atoms with Gasteiger partial charge in [-0.25, -0.2) is 0 Å². The Balaban J connectivity index is 1.90. The Hall–Kier alpha value is -0.820. The van der Waals surface area contributed by atoms with E-state index in [9.17, 15) is 0 Å². The first-order chi connectivity index (χ1) is 8.59. The minimum atomic E-state index is 0.147. The van der Waals surface area contributed by atoms with Crippen molar-refractivity contribution in [3.05, 3.63) is 21.9 Å². The van der Waals surface area contributed by atoms with E-state index in [-0.39, 0.29) is 6.61 Å². The van der Waals surface area contributed by atoms with E-state index in [1.165, 1.54) is 24.4 Å². The Morgan fingerprint density at radius 2 is 2.28 bits per heavy atom. The maximum atomic E-state index is 8.68. The van der Waals surface area contributed by atoms with Gasteiger partial charge in [0.2, 0.25) is 0 Å². The highest BCUT2D eigenvalue weighted by Crippen LogP contribution is 2.30. The average molecular weight is 263 g/mol. The normalized spacial score (nSPS) is 18.6. The summed E-state index contributed by atoms with van der Waals surface area (Å²) in [5, 5.41) is 8.68. The summed E-state index contributed by atoms with van der Waals surface area (Å²) in [5.41, 5.74) is 0.473. The topological polar surface area (TPSA) is 23.5 Å². The Labute approximate surface area is 114 Å². The van der Waals surface area contributed by atoms with Crippen LogP contribution >= 0.6 is 11.3 Å². The summed E-state index contributed by atoms with van der Waals surface area (Å²) in [5.74, 6) is 6.07. The van der Waals surface area contributed by atoms with Crippen LogP contribution in [0, 0.1) is 17.3 Å². The molecule has 0 unspecified atom stereocenters. The third-order valence-electron chi connectivity index (χ3n) is 3.25. The highest BCUT2D eigenvalue weighted by atomic mass is 32.1. The lowest BCUT2D eigenvalue weighted by molar-refractivity contribution is 0.286. The molecule has 2 rings (SSSR count). The molecule has 1 aromatic heterocycles. The molecule has 98 valence electrons. The van der Waals surface area contributed by atoms with Crippen LogP contribution in [0.4, 0.5) is 0 Å². The zero-order valence-corrected chi connectivity index (χ0v) is 12.0. The van der Waals surface area contributed by atoms with Crippen LogP contribution in [0.3, 0.4) is 0 Å². The first kappa shape index (κ1) is 13.6. The molecular weight excluding hydrogens is 242 g/mol. The first-order valence-electron chi connectivity index (χ1n) is 6.50. The van der Waals surface area contributed by atoms with E-state index in [1.54, 1.807) is 11.3 Å². The van der Waals surface area contributed by atoms with Crippen LogP contribution in [-0.2, 0) is 6.54 Å². The number of hydrogen-bond acceptors (Lipinski definition) is 3. The fraction of sp³-hybridized carbons (Fsp3) is 0.600. The molecule has 1 aliphatic rings. The number of nitrogens with zero attached hydrogens (tertiary/aromatic N) is 1. The smallest absolute Gasteiger partial charge is 0.0771 e. The van der Waals surface area contributed by atoms with E-state index >= 15 is 0 Å². The monoisotopic (exact) mass is 263 g/mol. The summed E-state index contributed by atoms with van der Waals surface area (Å²) < 4.78 is 0. The molecule has 2 heterocycles. The van der Waals surface area contributed by atoms with Crippen molar-refractivity contribution in [2.75, 3.05) is 19.7 Å². The lowest BCUT2D eigenvalue weighted by atomic mass is 9.93. The zero-order chi connectivity index (χ0) is 13.0. The minimum Gasteiger partial charge on any atom is -0.395 e. The van der Waals surface area contributed by atoms with Crippen molar-refractivity contribution in [2.24, 2.45) is 5.41 Å². The highest BCUT2D eigenvalue weighted by Gasteiger charge is 2.28. The molecule has 0 atom stereocenters. The van der Waals surface area contributed by atoms with Crippen LogP contribution in [-0.4, -0.2) is 29.7 Å². The molecule has 2 nitrogen and oxygen atoms in total. The predicted molar refractivity (Wildman–Crippen MR) is 76.6 cm³/mol. The van der Waals surface area contributed by atoms with Crippen LogP contribution in [0.15, 0.2) is 12.1 Å². The molecule has 0 spiro atoms. The number of likely N-dealkylation sites (tertiary alicyclic amines) is 1. The largest absolute Gasteiger partial charge is 0.395 e. The Kier molecular flexibility index (Phi) is 4.45. The number of thiophene rings is 1. The van der Waals surface area contributed by atoms with Gasteiger partial charge in [0.1, 0.15) is 0 Å². The van der Waals surface area contributed by atoms with Gasteiger partial charge >= 0.3 is 0 Å². The third kappa shape index (κ3) is 3.84. The molecule has 1 aromatic rings. The molecular formula is C15H21NOS. The Morgan fingerprint density at radius 3 is 2.94 bits per heavy atom. The average Bonchev–Trinajstić information content (AvgIpc) is 2.87. The van der Waals surface area contributed by atoms with Crippen molar-refractivity contribution in [1.82, 2.24) is 4.90 Å². The van der Waals surface area contributed by atoms with Gasteiger partial charge in [0.25, 0.3) is 0 Å². The Morgan fingerprint density at radius 1 is 1.44 bits per heavy atom. The molecule has 1 N–H and O–H groups in total. The van der Waals surface area contributed by atoms with Gasteiger partial charge < -0.3 is 5.11 Å². The molecule has 0 aliphatic carbocycles. The van der Waals surface area contributed by atoms with Crippen molar-refractivity contribution in [2.45, 2.75) is 33.2 Å². The molecule has 0 aromatic carbocycles. The van der Waals surface area contributed by atoms with Crippen molar-refractivity contribution >= 4 is 11.3 Å². The van der Waals surface area contributed by atoms with Gasteiger partial charge in [-0.2, -0.15) is 0 Å². The quantitative estimate of drug-likeness (QED) is 0.848. The summed E-state index contributed by atoms with van der Waals surface area (Å²) in [6.45, 7) is 8.27. The number of hydrogen-bond donors (Lipinski definition) is 1. The summed E-state index contributed by atoms with van der Waals surface area (Å²) >= 11 is 1.77. The van der Waals surface area contributed by atoms with Crippen molar-refractivity contribution in [3.63, 3.8) is 0 Å². The van der Waals surface area contributed by atoms with Crippen LogP contribution in [0.5, 0.6) is 0 Å². The fourth-order valence-corrected chi connectivity index (χ4v) is 3.24. The molecule has 3 heteroatoms. The van der Waals surface area contributed by atoms with Crippen molar-refractivity contribution < 1.29 is 5.11 Å². The molecule has 0 radical (unpaired) electrons. The second-order valence-electron chi connectivity index (χ2n) is 5.67. The maximum Gasteiger partial charge on any atom is 0.0771 e. The van der Waals surface area contributed by atoms with Gasteiger partial charge in [0.05, 0.1) is 11.5 Å². The van der Waals surface area contributed by atoms with Crippen LogP contribution < -0.4 is 0 Å². The van der Waals surface area contributed by atoms with Gasteiger partial charge in [-0.05, 0) is 30.5 Å². The highest BCUT2D eigenvalue weighted by molar-refractivity contribution is 7.12. The summed E-state index contributed by atoms with van der Waals surface area (Å²) in [6, 6.07) is 4.27. The van der Waals surface area contributed by atoms with Gasteiger partial charge in [-0.15, -0.1) is 11.3 Å². The lowest BCUT2D eigenvalue weighted by Gasteiger charge is -2.18. The second-order valence-corrected chi connectivity index (χ2v) is 6.83. The standard InChI is InChI=1S/C15H21NOS/c1-15(2)8-9-16(12-15)11-14-7-6-13(18-14)5-3-4-10-17/h6-7,17H,4,8-12H2,1-2H3. The second kappa shape index (κ2) is 5.88. The maximum absolute atomic E-state index is 8.68. The van der Waals surface area contributed by atoms with Crippen LogP contribution in [0.2, 0.25) is 0 Å². The van der Waals surface area contributed by atoms with Crippen molar-refractivity contribution in [1.29, 1.82) is 0 Å². The van der Waals surface area contributed by atoms with Gasteiger partial charge in [-0.1, -0.05) is 25.7 Å². The van der Waals surface area contributed by atoms with Gasteiger partial charge in [0.15, 0.2) is 0 Å². The van der Waals surface area contributed by atoms with Gasteiger partial charge in [-0.3, -0.25) is 4.90 Å². The molecule has 0 bridgehead atoms. The van der Waals surface area contributed by atoms with E-state index in [0.717, 1.165) is 11.4 Å². The predicted octanol–water partition coefficient (Wildman–Crippen LogP) is 2.71. The fourth-order valence-electron chi connectivity index (χ4n) is 2.32.